The smallest absolute Gasteiger partial charge is 0.411 e. The second kappa shape index (κ2) is 7.28. The molecule has 1 aliphatic rings. The van der Waals surface area contributed by atoms with E-state index >= 15 is 0 Å². The summed E-state index contributed by atoms with van der Waals surface area (Å²) < 4.78 is 10.4. The van der Waals surface area contributed by atoms with Crippen molar-refractivity contribution in [2.75, 3.05) is 19.8 Å². The summed E-state index contributed by atoms with van der Waals surface area (Å²) in [4.78, 5) is 25.5. The highest BCUT2D eigenvalue weighted by molar-refractivity contribution is 5.82. The van der Waals surface area contributed by atoms with Crippen LogP contribution in [0.15, 0.2) is 0 Å². The Balaban J connectivity index is 2.81. The van der Waals surface area contributed by atoms with Gasteiger partial charge in [-0.15, -0.1) is 0 Å². The summed E-state index contributed by atoms with van der Waals surface area (Å²) in [5.41, 5.74) is -2.22. The van der Waals surface area contributed by atoms with Crippen LogP contribution < -0.4 is 0 Å². The highest BCUT2D eigenvalue weighted by atomic mass is 16.6. The molecule has 1 saturated heterocycles. The lowest BCUT2D eigenvalue weighted by Gasteiger charge is -2.27. The number of amides is 1. The number of aliphatic hydroxyl groups excluding tert-OH is 1. The van der Waals surface area contributed by atoms with Crippen molar-refractivity contribution in [3.05, 3.63) is 0 Å². The first-order valence-electron chi connectivity index (χ1n) is 7.61. The fourth-order valence-corrected chi connectivity index (χ4v) is 2.21. The van der Waals surface area contributed by atoms with Crippen molar-refractivity contribution < 1.29 is 29.3 Å². The normalized spacial score (nSPS) is 25.2. The molecule has 0 aromatic carbocycles. The van der Waals surface area contributed by atoms with E-state index < -0.39 is 35.9 Å². The van der Waals surface area contributed by atoms with Gasteiger partial charge in [-0.1, -0.05) is 13.3 Å². The summed E-state index contributed by atoms with van der Waals surface area (Å²) in [7, 11) is 0. The van der Waals surface area contributed by atoms with Gasteiger partial charge in [0.1, 0.15) is 17.2 Å². The number of aliphatic hydroxyl groups is 2. The maximum absolute atomic E-state index is 12.2. The number of nitrogens with zero attached hydrogens (tertiary/aromatic N) is 1. The monoisotopic (exact) mass is 317 g/mol. The third-order valence-electron chi connectivity index (χ3n) is 3.35. The number of carbonyl (C=O) groups is 2. The van der Waals surface area contributed by atoms with Crippen molar-refractivity contribution in [3.8, 4) is 0 Å². The Morgan fingerprint density at radius 1 is 1.36 bits per heavy atom. The summed E-state index contributed by atoms with van der Waals surface area (Å²) in [5, 5.41) is 19.5. The molecule has 0 radical (unpaired) electrons. The standard InChI is InChI=1S/C15H27NO6/c1-5-6-7-21-12(18)11-8-15(20,10-17)9-16(11)13(19)22-14(2,3)4/h11,17,20H,5-10H2,1-4H3/t11-,15+/m0/s1. The van der Waals surface area contributed by atoms with Crippen LogP contribution in [-0.2, 0) is 14.3 Å². The maximum Gasteiger partial charge on any atom is 0.411 e. The SMILES string of the molecule is CCCCOC(=O)[C@@H]1C[C@](O)(CO)CN1C(=O)OC(C)(C)C. The largest absolute Gasteiger partial charge is 0.464 e. The van der Waals surface area contributed by atoms with Crippen LogP contribution in [0.5, 0.6) is 0 Å². The van der Waals surface area contributed by atoms with Crippen molar-refractivity contribution in [2.45, 2.75) is 64.2 Å². The molecular formula is C15H27NO6. The lowest BCUT2D eigenvalue weighted by atomic mass is 10.0. The van der Waals surface area contributed by atoms with Crippen LogP contribution in [0.25, 0.3) is 0 Å². The third kappa shape index (κ3) is 5.14. The number of unbranched alkanes of at least 4 members (excludes halogenated alkanes) is 1. The highest BCUT2D eigenvalue weighted by Crippen LogP contribution is 2.29. The minimum atomic E-state index is -1.51. The first kappa shape index (κ1) is 18.7. The molecule has 1 rings (SSSR count). The Labute approximate surface area is 131 Å². The first-order valence-corrected chi connectivity index (χ1v) is 7.61. The van der Waals surface area contributed by atoms with E-state index in [-0.39, 0.29) is 19.6 Å². The van der Waals surface area contributed by atoms with Crippen LogP contribution in [0.2, 0.25) is 0 Å². The average molecular weight is 317 g/mol. The van der Waals surface area contributed by atoms with Crippen molar-refractivity contribution in [2.24, 2.45) is 0 Å². The Morgan fingerprint density at radius 3 is 2.50 bits per heavy atom. The van der Waals surface area contributed by atoms with E-state index in [2.05, 4.69) is 0 Å². The predicted molar refractivity (Wildman–Crippen MR) is 79.2 cm³/mol. The minimum absolute atomic E-state index is 0.0618. The Kier molecular flexibility index (Phi) is 6.19. The molecule has 0 spiro atoms. The quantitative estimate of drug-likeness (QED) is 0.581. The number of esters is 1. The van der Waals surface area contributed by atoms with Crippen molar-refractivity contribution in [1.29, 1.82) is 0 Å². The van der Waals surface area contributed by atoms with Gasteiger partial charge in [0.25, 0.3) is 0 Å². The molecule has 1 fully saturated rings. The molecule has 1 aliphatic heterocycles. The molecule has 128 valence electrons. The molecule has 0 saturated carbocycles. The molecule has 1 amide bonds. The molecule has 22 heavy (non-hydrogen) atoms. The van der Waals surface area contributed by atoms with Crippen LogP contribution in [0.1, 0.15) is 47.0 Å². The number of β-amino-alcohol motifs (C(OH)–C–C–N with tert-alkyl or cyclic N) is 1. The van der Waals surface area contributed by atoms with Gasteiger partial charge in [-0.25, -0.2) is 9.59 Å². The van der Waals surface area contributed by atoms with E-state index in [0.717, 1.165) is 17.7 Å². The van der Waals surface area contributed by atoms with Gasteiger partial charge in [0, 0.05) is 6.42 Å². The summed E-state index contributed by atoms with van der Waals surface area (Å²) in [6.07, 6.45) is 0.853. The number of hydrogen-bond donors (Lipinski definition) is 2. The van der Waals surface area contributed by atoms with E-state index in [0.29, 0.717) is 0 Å². The van der Waals surface area contributed by atoms with E-state index in [1.807, 2.05) is 6.92 Å². The summed E-state index contributed by atoms with van der Waals surface area (Å²) >= 11 is 0. The van der Waals surface area contributed by atoms with E-state index in [9.17, 15) is 19.8 Å². The number of carbonyl (C=O) groups excluding carboxylic acids is 2. The van der Waals surface area contributed by atoms with Gasteiger partial charge in [-0.3, -0.25) is 4.90 Å². The zero-order valence-electron chi connectivity index (χ0n) is 13.8. The molecule has 0 unspecified atom stereocenters. The van der Waals surface area contributed by atoms with Crippen molar-refractivity contribution in [1.82, 2.24) is 4.90 Å². The molecule has 7 heteroatoms. The molecule has 2 N–H and O–H groups in total. The minimum Gasteiger partial charge on any atom is -0.464 e. The van der Waals surface area contributed by atoms with Crippen LogP contribution in [0.4, 0.5) is 4.79 Å². The summed E-state index contributed by atoms with van der Waals surface area (Å²) in [5.74, 6) is -0.580. The number of hydrogen-bond acceptors (Lipinski definition) is 6. The molecule has 0 aromatic rings. The van der Waals surface area contributed by atoms with Crippen LogP contribution in [0.3, 0.4) is 0 Å². The van der Waals surface area contributed by atoms with E-state index in [1.54, 1.807) is 20.8 Å². The second-order valence-electron chi connectivity index (χ2n) is 6.73. The lowest BCUT2D eigenvalue weighted by Crippen LogP contribution is -2.45. The Bertz CT molecular complexity index is 405. The maximum atomic E-state index is 12.2. The van der Waals surface area contributed by atoms with Gasteiger partial charge < -0.3 is 19.7 Å². The molecule has 0 bridgehead atoms. The van der Waals surface area contributed by atoms with Gasteiger partial charge in [0.05, 0.1) is 19.8 Å². The zero-order valence-corrected chi connectivity index (χ0v) is 13.8. The number of likely N-dealkylation sites (tertiary alicyclic amines) is 1. The fraction of sp³-hybridized carbons (Fsp3) is 0.867. The molecule has 2 atom stereocenters. The lowest BCUT2D eigenvalue weighted by molar-refractivity contribution is -0.149. The van der Waals surface area contributed by atoms with Crippen molar-refractivity contribution in [3.63, 3.8) is 0 Å². The second-order valence-corrected chi connectivity index (χ2v) is 6.73. The van der Waals surface area contributed by atoms with Crippen LogP contribution in [0, 0.1) is 0 Å². The Morgan fingerprint density at radius 2 is 2.00 bits per heavy atom. The zero-order chi connectivity index (χ0) is 17.0. The average Bonchev–Trinajstić information content (AvgIpc) is 2.76. The van der Waals surface area contributed by atoms with Gasteiger partial charge >= 0.3 is 12.1 Å². The molecule has 1 heterocycles. The number of rotatable bonds is 5. The first-order chi connectivity index (χ1) is 10.1. The highest BCUT2D eigenvalue weighted by Gasteiger charge is 2.49. The third-order valence-corrected chi connectivity index (χ3v) is 3.35. The van der Waals surface area contributed by atoms with Crippen LogP contribution >= 0.6 is 0 Å². The molecular weight excluding hydrogens is 290 g/mol. The van der Waals surface area contributed by atoms with Gasteiger partial charge in [0.15, 0.2) is 0 Å². The molecule has 0 aliphatic carbocycles. The summed E-state index contributed by atoms with van der Waals surface area (Å²) in [6, 6.07) is -0.941. The van der Waals surface area contributed by atoms with Crippen molar-refractivity contribution >= 4 is 12.1 Å². The van der Waals surface area contributed by atoms with E-state index in [4.69, 9.17) is 9.47 Å². The predicted octanol–water partition coefficient (Wildman–Crippen LogP) is 1.06. The van der Waals surface area contributed by atoms with Gasteiger partial charge in [-0.2, -0.15) is 0 Å². The summed E-state index contributed by atoms with van der Waals surface area (Å²) in [6.45, 7) is 6.69. The fourth-order valence-electron chi connectivity index (χ4n) is 2.21. The van der Waals surface area contributed by atoms with Crippen LogP contribution in [-0.4, -0.2) is 64.2 Å². The van der Waals surface area contributed by atoms with Gasteiger partial charge in [-0.05, 0) is 27.2 Å². The van der Waals surface area contributed by atoms with Gasteiger partial charge in [0.2, 0.25) is 0 Å². The Hall–Kier alpha value is -1.34. The number of ether oxygens (including phenoxy) is 2. The van der Waals surface area contributed by atoms with E-state index in [1.165, 1.54) is 0 Å². The molecule has 7 nitrogen and oxygen atoms in total. The molecule has 0 aromatic heterocycles. The topological polar surface area (TPSA) is 96.3 Å².